The lowest BCUT2D eigenvalue weighted by molar-refractivity contribution is -0.112. The molecule has 45 heavy (non-hydrogen) atoms. The van der Waals surface area contributed by atoms with Crippen LogP contribution in [0.5, 0.6) is 11.5 Å². The number of rotatable bonds is 7. The second kappa shape index (κ2) is 17.0. The van der Waals surface area contributed by atoms with Crippen LogP contribution in [0.15, 0.2) is 41.5 Å². The molecule has 13 heteroatoms. The fourth-order valence-electron chi connectivity index (χ4n) is 5.05. The van der Waals surface area contributed by atoms with Gasteiger partial charge in [0.15, 0.2) is 17.6 Å². The van der Waals surface area contributed by atoms with E-state index in [1.165, 1.54) is 39.4 Å². The van der Waals surface area contributed by atoms with Crippen LogP contribution in [0.25, 0.3) is 0 Å². The molecule has 2 amide bonds. The van der Waals surface area contributed by atoms with Gasteiger partial charge < -0.3 is 50.8 Å². The van der Waals surface area contributed by atoms with Gasteiger partial charge in [0.25, 0.3) is 5.91 Å². The molecule has 1 aliphatic rings. The maximum atomic E-state index is 13.9. The molecular formula is C32H48N4O9. The number of carbonyl (C=O) groups excluding carboxylic acids is 3. The second-order valence-corrected chi connectivity index (χ2v) is 11.6. The van der Waals surface area contributed by atoms with Gasteiger partial charge in [0, 0.05) is 50.8 Å². The summed E-state index contributed by atoms with van der Waals surface area (Å²) >= 11 is 0. The molecule has 0 saturated heterocycles. The molecule has 0 spiro atoms. The molecular weight excluding hydrogens is 584 g/mol. The number of hydrogen-bond acceptors (Lipinski definition) is 11. The normalized spacial score (nSPS) is 25.4. The van der Waals surface area contributed by atoms with Crippen LogP contribution in [0.2, 0.25) is 0 Å². The summed E-state index contributed by atoms with van der Waals surface area (Å²) in [5.41, 5.74) is 5.76. The van der Waals surface area contributed by atoms with Crippen molar-refractivity contribution in [2.75, 3.05) is 52.0 Å². The van der Waals surface area contributed by atoms with Gasteiger partial charge in [-0.05, 0) is 39.9 Å². The maximum absolute atomic E-state index is 13.9. The number of nitrogens with one attached hydrogen (secondary N) is 2. The van der Waals surface area contributed by atoms with E-state index in [0.29, 0.717) is 18.7 Å². The molecule has 1 aromatic carbocycles. The number of carbonyl (C=O) groups is 3. The Morgan fingerprint density at radius 1 is 1.16 bits per heavy atom. The summed E-state index contributed by atoms with van der Waals surface area (Å²) in [5, 5.41) is 39.2. The highest BCUT2D eigenvalue weighted by molar-refractivity contribution is 6.11. The molecule has 13 nitrogen and oxygen atoms in total. The molecule has 0 radical (unpaired) electrons. The molecule has 250 valence electrons. The lowest BCUT2D eigenvalue weighted by atomic mass is 9.87. The number of primary amides is 1. The number of hydrogen-bond donors (Lipinski definition) is 6. The molecule has 0 saturated carbocycles. The zero-order valence-electron chi connectivity index (χ0n) is 27.3. The molecule has 7 N–H and O–H groups in total. The Morgan fingerprint density at radius 2 is 1.82 bits per heavy atom. The van der Waals surface area contributed by atoms with Gasteiger partial charge in [-0.3, -0.25) is 9.59 Å². The number of likely N-dealkylation sites (N-methyl/N-ethyl adjacent to an activating group) is 1. The summed E-state index contributed by atoms with van der Waals surface area (Å²) in [6, 6.07) is 1.17. The minimum atomic E-state index is -1.09. The topological polar surface area (TPSA) is 193 Å². The molecule has 2 bridgehead atoms. The minimum Gasteiger partial charge on any atom is -0.506 e. The van der Waals surface area contributed by atoms with Gasteiger partial charge in [0.2, 0.25) is 0 Å². The number of aliphatic hydroxyl groups is 1. The van der Waals surface area contributed by atoms with Crippen molar-refractivity contribution in [3.05, 3.63) is 47.1 Å². The number of anilines is 2. The first-order valence-electron chi connectivity index (χ1n) is 14.7. The smallest absolute Gasteiger partial charge is 0.405 e. The third-order valence-corrected chi connectivity index (χ3v) is 7.68. The molecule has 0 aromatic heterocycles. The van der Waals surface area contributed by atoms with Crippen molar-refractivity contribution in [1.82, 2.24) is 4.90 Å². The van der Waals surface area contributed by atoms with Gasteiger partial charge in [0.05, 0.1) is 29.1 Å². The van der Waals surface area contributed by atoms with Crippen LogP contribution >= 0.6 is 0 Å². The number of methoxy groups -OCH3 is 2. The van der Waals surface area contributed by atoms with Crippen molar-refractivity contribution in [3.63, 3.8) is 0 Å². The number of aliphatic hydroxyl groups excluding tert-OH is 1. The number of aromatic hydroxyl groups is 2. The quantitative estimate of drug-likeness (QED) is 0.147. The van der Waals surface area contributed by atoms with Crippen LogP contribution in [-0.4, -0.2) is 104 Å². The highest BCUT2D eigenvalue weighted by Crippen LogP contribution is 2.42. The zero-order valence-corrected chi connectivity index (χ0v) is 27.3. The number of allylic oxidation sites excluding steroid dienone is 2. The second-order valence-electron chi connectivity index (χ2n) is 11.6. The molecule has 0 unspecified atom stereocenters. The van der Waals surface area contributed by atoms with Crippen molar-refractivity contribution in [1.29, 1.82) is 0 Å². The lowest BCUT2D eigenvalue weighted by Gasteiger charge is -2.29. The highest BCUT2D eigenvalue weighted by Gasteiger charge is 2.33. The molecule has 0 fully saturated rings. The maximum Gasteiger partial charge on any atom is 0.405 e. The summed E-state index contributed by atoms with van der Waals surface area (Å²) in [5.74, 6) is -3.34. The molecule has 6 atom stereocenters. The van der Waals surface area contributed by atoms with Crippen LogP contribution in [0.3, 0.4) is 0 Å². The number of ketones is 1. The molecule has 0 aliphatic carbocycles. The number of nitrogens with zero attached hydrogens (tertiary/aromatic N) is 1. The Bertz CT molecular complexity index is 1310. The zero-order chi connectivity index (χ0) is 34.0. The number of phenols is 2. The Morgan fingerprint density at radius 3 is 2.40 bits per heavy atom. The highest BCUT2D eigenvalue weighted by atomic mass is 16.6. The van der Waals surface area contributed by atoms with Gasteiger partial charge in [-0.2, -0.15) is 0 Å². The third kappa shape index (κ3) is 10.0. The van der Waals surface area contributed by atoms with E-state index in [1.54, 1.807) is 32.9 Å². The monoisotopic (exact) mass is 632 g/mol. The average Bonchev–Trinajstić information content (AvgIpc) is 2.97. The average molecular weight is 633 g/mol. The number of phenolic OH excluding ortho intramolecular Hbond substituents is 2. The SMILES string of the molecule is CO[C@H]1C=CC=C(C)C(=O)Nc2cc(O)c(NCCN(C)C)c(c2O)C(=O)[C@@H](C)C[C@H](OC)[C@H](O)[C@@H](C)C=C(C)[C@@H]1OC(N)=O. The number of ether oxygens (including phenoxy) is 3. The molecule has 1 aliphatic heterocycles. The van der Waals surface area contributed by atoms with Gasteiger partial charge in [-0.25, -0.2) is 4.79 Å². The first-order valence-corrected chi connectivity index (χ1v) is 14.7. The predicted octanol–water partition coefficient (Wildman–Crippen LogP) is 3.17. The number of benzene rings is 1. The molecule has 1 heterocycles. The Labute approximate surface area is 264 Å². The number of amides is 2. The van der Waals surface area contributed by atoms with Crippen LogP contribution in [0.1, 0.15) is 44.5 Å². The van der Waals surface area contributed by atoms with Crippen LogP contribution in [-0.2, 0) is 19.0 Å². The summed E-state index contributed by atoms with van der Waals surface area (Å²) in [6.07, 6.45) is 1.64. The fourth-order valence-corrected chi connectivity index (χ4v) is 5.05. The van der Waals surface area contributed by atoms with E-state index in [2.05, 4.69) is 10.6 Å². The summed E-state index contributed by atoms with van der Waals surface area (Å²) < 4.78 is 16.5. The number of Topliss-reactive ketones (excluding diaryl/α,β-unsaturated/α-hetero) is 1. The van der Waals surface area contributed by atoms with E-state index in [1.807, 2.05) is 19.0 Å². The van der Waals surface area contributed by atoms with Gasteiger partial charge >= 0.3 is 6.09 Å². The van der Waals surface area contributed by atoms with E-state index in [-0.39, 0.29) is 34.7 Å². The van der Waals surface area contributed by atoms with Crippen LogP contribution < -0.4 is 16.4 Å². The minimum absolute atomic E-state index is 0.0258. The lowest BCUT2D eigenvalue weighted by Crippen LogP contribution is -2.37. The van der Waals surface area contributed by atoms with Crippen LogP contribution in [0.4, 0.5) is 16.2 Å². The third-order valence-electron chi connectivity index (χ3n) is 7.68. The Kier molecular flexibility index (Phi) is 14.1. The number of fused-ring (bicyclic) bond motifs is 2. The predicted molar refractivity (Wildman–Crippen MR) is 171 cm³/mol. The van der Waals surface area contributed by atoms with Crippen molar-refractivity contribution in [2.24, 2.45) is 17.6 Å². The van der Waals surface area contributed by atoms with Gasteiger partial charge in [0.1, 0.15) is 11.9 Å². The Balaban J connectivity index is 2.72. The Hall–Kier alpha value is -3.91. The van der Waals surface area contributed by atoms with Gasteiger partial charge in [-0.1, -0.05) is 38.2 Å². The fraction of sp³-hybridized carbons (Fsp3) is 0.531. The van der Waals surface area contributed by atoms with Crippen LogP contribution in [0, 0.1) is 11.8 Å². The van der Waals surface area contributed by atoms with Crippen molar-refractivity contribution >= 4 is 29.2 Å². The summed E-state index contributed by atoms with van der Waals surface area (Å²) in [6.45, 7) is 7.52. The largest absolute Gasteiger partial charge is 0.506 e. The van der Waals surface area contributed by atoms with E-state index in [9.17, 15) is 29.7 Å². The standard InChI is InChI=1S/C32H48N4O9/c1-17-10-9-11-23(43-7)30(45-32(33)42)20(4)14-18(2)27(38)24(44-8)15-19(3)28(39)25-26(34-12-13-36(5)6)22(37)16-21(29(25)40)35-31(17)41/h9-11,14,16,18-19,23-24,27,30,34,37-38,40H,12-13,15H2,1-8H3,(H2,33,42)(H,35,41)/t18-,19-,23-,24-,27+,30-/m0/s1. The first-order chi connectivity index (χ1) is 21.1. The van der Waals surface area contributed by atoms with E-state index in [0.717, 1.165) is 0 Å². The number of nitrogens with two attached hydrogens (primary N) is 1. The van der Waals surface area contributed by atoms with Crippen molar-refractivity contribution in [3.8, 4) is 11.5 Å². The first kappa shape index (κ1) is 37.3. The molecule has 2 rings (SSSR count). The molecule has 1 aromatic rings. The van der Waals surface area contributed by atoms with E-state index in [4.69, 9.17) is 19.9 Å². The van der Waals surface area contributed by atoms with Crippen molar-refractivity contribution in [2.45, 2.75) is 58.5 Å². The summed E-state index contributed by atoms with van der Waals surface area (Å²) in [4.78, 5) is 40.7. The van der Waals surface area contributed by atoms with Gasteiger partial charge in [-0.15, -0.1) is 0 Å². The van der Waals surface area contributed by atoms with Crippen molar-refractivity contribution < 1.29 is 43.9 Å². The van der Waals surface area contributed by atoms with E-state index < -0.39 is 59.8 Å². The summed E-state index contributed by atoms with van der Waals surface area (Å²) in [7, 11) is 6.57. The van der Waals surface area contributed by atoms with E-state index >= 15 is 0 Å².